The Balaban J connectivity index is 2.36. The van der Waals surface area contributed by atoms with E-state index in [0.717, 1.165) is 6.26 Å². The number of aliphatic carboxylic acids is 1. The lowest BCUT2D eigenvalue weighted by Gasteiger charge is -2.28. The number of nitrogens with zero attached hydrogens (tertiary/aromatic N) is 1. The molecule has 1 aromatic carbocycles. The van der Waals surface area contributed by atoms with E-state index in [1.54, 1.807) is 12.1 Å². The molecule has 1 aliphatic rings. The van der Waals surface area contributed by atoms with Gasteiger partial charge in [0.05, 0.1) is 15.9 Å². The van der Waals surface area contributed by atoms with Crippen molar-refractivity contribution in [2.75, 3.05) is 19.3 Å². The van der Waals surface area contributed by atoms with E-state index in [-0.39, 0.29) is 22.9 Å². The molecule has 23 heavy (non-hydrogen) atoms. The Labute approximate surface area is 136 Å². The Kier molecular flexibility index (Phi) is 4.52. The van der Waals surface area contributed by atoms with E-state index in [9.17, 15) is 23.1 Å². The average Bonchev–Trinajstić information content (AvgIpc) is 2.92. The van der Waals surface area contributed by atoms with Crippen LogP contribution in [0.2, 0.25) is 0 Å². The molecule has 126 valence electrons. The first kappa shape index (κ1) is 17.5. The third-order valence-electron chi connectivity index (χ3n) is 4.64. The van der Waals surface area contributed by atoms with Gasteiger partial charge in [0.2, 0.25) is 0 Å². The standard InChI is InChI=1S/C16H21NO5S/c1-11(2)16(15(19)20)8-9-17(10-16)14(18)12-6-4-5-7-13(12)23(3,21)22/h4-7,11H,8-10H2,1-3H3,(H,19,20). The van der Waals surface area contributed by atoms with E-state index in [0.29, 0.717) is 13.0 Å². The fraction of sp³-hybridized carbons (Fsp3) is 0.500. The Morgan fingerprint density at radius 3 is 2.35 bits per heavy atom. The molecule has 1 aliphatic heterocycles. The topological polar surface area (TPSA) is 91.8 Å². The minimum atomic E-state index is -3.53. The van der Waals surface area contributed by atoms with Gasteiger partial charge in [-0.1, -0.05) is 26.0 Å². The molecule has 0 bridgehead atoms. The molecule has 1 fully saturated rings. The molecule has 1 atom stereocenters. The van der Waals surface area contributed by atoms with Crippen LogP contribution in [0.25, 0.3) is 0 Å². The minimum absolute atomic E-state index is 0.0256. The number of hydrogen-bond donors (Lipinski definition) is 1. The molecule has 1 saturated heterocycles. The summed E-state index contributed by atoms with van der Waals surface area (Å²) in [5.41, 5.74) is -0.879. The lowest BCUT2D eigenvalue weighted by Crippen LogP contribution is -2.40. The van der Waals surface area contributed by atoms with Gasteiger partial charge in [0, 0.05) is 19.3 Å². The molecule has 0 spiro atoms. The minimum Gasteiger partial charge on any atom is -0.481 e. The van der Waals surface area contributed by atoms with Crippen molar-refractivity contribution in [2.45, 2.75) is 25.2 Å². The third-order valence-corrected chi connectivity index (χ3v) is 5.79. The molecule has 0 radical (unpaired) electrons. The van der Waals surface area contributed by atoms with Gasteiger partial charge in [-0.15, -0.1) is 0 Å². The molecule has 0 saturated carbocycles. The Morgan fingerprint density at radius 1 is 1.26 bits per heavy atom. The van der Waals surface area contributed by atoms with Crippen LogP contribution in [0.1, 0.15) is 30.6 Å². The summed E-state index contributed by atoms with van der Waals surface area (Å²) in [7, 11) is -3.53. The average molecular weight is 339 g/mol. The molecular formula is C16H21NO5S. The molecule has 0 aromatic heterocycles. The second-order valence-electron chi connectivity index (χ2n) is 6.36. The summed E-state index contributed by atoms with van der Waals surface area (Å²) in [6.45, 7) is 4.05. The fourth-order valence-electron chi connectivity index (χ4n) is 3.04. The van der Waals surface area contributed by atoms with Crippen LogP contribution in [-0.4, -0.2) is 49.6 Å². The molecule has 7 heteroatoms. The zero-order valence-corrected chi connectivity index (χ0v) is 14.3. The lowest BCUT2D eigenvalue weighted by molar-refractivity contribution is -0.150. The predicted octanol–water partition coefficient (Wildman–Crippen LogP) is 1.66. The van der Waals surface area contributed by atoms with E-state index in [4.69, 9.17) is 0 Å². The summed E-state index contributed by atoms with van der Waals surface area (Å²) in [5, 5.41) is 9.55. The molecule has 6 nitrogen and oxygen atoms in total. The number of carboxylic acids is 1. The number of sulfone groups is 1. The maximum absolute atomic E-state index is 12.7. The highest BCUT2D eigenvalue weighted by Gasteiger charge is 2.48. The van der Waals surface area contributed by atoms with Crippen molar-refractivity contribution in [3.8, 4) is 0 Å². The summed E-state index contributed by atoms with van der Waals surface area (Å²) < 4.78 is 23.7. The van der Waals surface area contributed by atoms with Crippen molar-refractivity contribution < 1.29 is 23.1 Å². The molecular weight excluding hydrogens is 318 g/mol. The number of benzene rings is 1. The van der Waals surface area contributed by atoms with Crippen LogP contribution in [0.3, 0.4) is 0 Å². The van der Waals surface area contributed by atoms with Crippen LogP contribution < -0.4 is 0 Å². The maximum Gasteiger partial charge on any atom is 0.311 e. The number of likely N-dealkylation sites (tertiary alicyclic amines) is 1. The molecule has 1 unspecified atom stereocenters. The number of rotatable bonds is 4. The van der Waals surface area contributed by atoms with Gasteiger partial charge < -0.3 is 10.0 Å². The van der Waals surface area contributed by atoms with Gasteiger partial charge in [-0.05, 0) is 24.5 Å². The summed E-state index contributed by atoms with van der Waals surface area (Å²) in [6.07, 6.45) is 1.42. The third kappa shape index (κ3) is 3.10. The molecule has 1 N–H and O–H groups in total. The van der Waals surface area contributed by atoms with Crippen molar-refractivity contribution in [3.05, 3.63) is 29.8 Å². The zero-order chi connectivity index (χ0) is 17.4. The number of carbonyl (C=O) groups excluding carboxylic acids is 1. The van der Waals surface area contributed by atoms with Crippen LogP contribution in [0.4, 0.5) is 0 Å². The molecule has 1 heterocycles. The monoisotopic (exact) mass is 339 g/mol. The summed E-state index contributed by atoms with van der Waals surface area (Å²) in [4.78, 5) is 25.8. The van der Waals surface area contributed by atoms with Crippen molar-refractivity contribution in [2.24, 2.45) is 11.3 Å². The molecule has 1 aromatic rings. The van der Waals surface area contributed by atoms with E-state index in [2.05, 4.69) is 0 Å². The van der Waals surface area contributed by atoms with E-state index >= 15 is 0 Å². The molecule has 2 rings (SSSR count). The quantitative estimate of drug-likeness (QED) is 0.901. The second-order valence-corrected chi connectivity index (χ2v) is 8.35. The fourth-order valence-corrected chi connectivity index (χ4v) is 3.92. The van der Waals surface area contributed by atoms with E-state index in [1.807, 2.05) is 13.8 Å². The first-order valence-corrected chi connectivity index (χ1v) is 9.30. The summed E-state index contributed by atoms with van der Waals surface area (Å²) in [5.74, 6) is -1.48. The highest BCUT2D eigenvalue weighted by atomic mass is 32.2. The number of hydrogen-bond acceptors (Lipinski definition) is 4. The largest absolute Gasteiger partial charge is 0.481 e. The van der Waals surface area contributed by atoms with Gasteiger partial charge in [0.15, 0.2) is 9.84 Å². The van der Waals surface area contributed by atoms with Gasteiger partial charge in [-0.25, -0.2) is 8.42 Å². The van der Waals surface area contributed by atoms with Gasteiger partial charge in [-0.3, -0.25) is 9.59 Å². The summed E-state index contributed by atoms with van der Waals surface area (Å²) in [6, 6.07) is 6.03. The van der Waals surface area contributed by atoms with Gasteiger partial charge in [-0.2, -0.15) is 0 Å². The Hall–Kier alpha value is -1.89. The van der Waals surface area contributed by atoms with Gasteiger partial charge in [0.1, 0.15) is 0 Å². The van der Waals surface area contributed by atoms with E-state index in [1.165, 1.54) is 17.0 Å². The second kappa shape index (κ2) is 5.96. The number of carbonyl (C=O) groups is 2. The lowest BCUT2D eigenvalue weighted by atomic mass is 9.76. The zero-order valence-electron chi connectivity index (χ0n) is 13.4. The first-order chi connectivity index (χ1) is 10.6. The SMILES string of the molecule is CC(C)C1(C(=O)O)CCN(C(=O)c2ccccc2S(C)(=O)=O)C1. The highest BCUT2D eigenvalue weighted by molar-refractivity contribution is 7.90. The smallest absolute Gasteiger partial charge is 0.311 e. The maximum atomic E-state index is 12.7. The highest BCUT2D eigenvalue weighted by Crippen LogP contribution is 2.39. The number of carboxylic acid groups (broad SMARTS) is 1. The van der Waals surface area contributed by atoms with Gasteiger partial charge in [0.25, 0.3) is 5.91 Å². The number of amides is 1. The Morgan fingerprint density at radius 2 is 1.87 bits per heavy atom. The van der Waals surface area contributed by atoms with Crippen molar-refractivity contribution in [1.29, 1.82) is 0 Å². The van der Waals surface area contributed by atoms with Crippen LogP contribution in [0.15, 0.2) is 29.2 Å². The van der Waals surface area contributed by atoms with Crippen LogP contribution in [0.5, 0.6) is 0 Å². The van der Waals surface area contributed by atoms with Crippen molar-refractivity contribution in [3.63, 3.8) is 0 Å². The van der Waals surface area contributed by atoms with Crippen LogP contribution in [-0.2, 0) is 14.6 Å². The van der Waals surface area contributed by atoms with E-state index < -0.39 is 27.1 Å². The molecule has 1 amide bonds. The molecule has 0 aliphatic carbocycles. The predicted molar refractivity (Wildman–Crippen MR) is 85.0 cm³/mol. The summed E-state index contributed by atoms with van der Waals surface area (Å²) >= 11 is 0. The van der Waals surface area contributed by atoms with Crippen molar-refractivity contribution in [1.82, 2.24) is 4.90 Å². The first-order valence-electron chi connectivity index (χ1n) is 7.41. The van der Waals surface area contributed by atoms with Gasteiger partial charge >= 0.3 is 5.97 Å². The Bertz CT molecular complexity index is 741. The van der Waals surface area contributed by atoms with Crippen LogP contribution >= 0.6 is 0 Å². The van der Waals surface area contributed by atoms with Crippen LogP contribution in [0, 0.1) is 11.3 Å². The normalized spacial score (nSPS) is 21.7. The van der Waals surface area contributed by atoms with Crippen molar-refractivity contribution >= 4 is 21.7 Å².